The molecule has 0 heterocycles. The second-order valence-electron chi connectivity index (χ2n) is 8.90. The van der Waals surface area contributed by atoms with Crippen LogP contribution in [-0.4, -0.2) is 22.5 Å². The first-order valence-electron chi connectivity index (χ1n) is 10.5. The average Bonchev–Trinajstić information content (AvgIpc) is 2.72. The molecular weight excluding hydrogens is 362 g/mol. The third-order valence-corrected chi connectivity index (χ3v) is 6.33. The standard InChI is InChI=1S/C25H33NO3/c1-17-5-7-20(8-6-17)15-29-26-19(3)22-14-24(28)18(2)13-23(22)21-9-11-25(4,16-27)12-10-21/h5-8,13-14,21,27-28H,9-12,15-16H2,1-4H3/t21-,25+. The molecule has 0 amide bonds. The van der Waals surface area contributed by atoms with E-state index in [9.17, 15) is 10.2 Å². The molecule has 2 aromatic rings. The Hall–Kier alpha value is -2.33. The van der Waals surface area contributed by atoms with Crippen LogP contribution in [0.25, 0.3) is 0 Å². The van der Waals surface area contributed by atoms with Gasteiger partial charge in [-0.3, -0.25) is 0 Å². The fraction of sp³-hybridized carbons (Fsp3) is 0.480. The fourth-order valence-electron chi connectivity index (χ4n) is 4.09. The van der Waals surface area contributed by atoms with E-state index in [1.165, 1.54) is 11.1 Å². The van der Waals surface area contributed by atoms with Gasteiger partial charge in [0.25, 0.3) is 0 Å². The maximum Gasteiger partial charge on any atom is 0.142 e. The van der Waals surface area contributed by atoms with Crippen molar-refractivity contribution in [2.45, 2.75) is 65.9 Å². The molecule has 0 spiro atoms. The molecule has 4 heteroatoms. The topological polar surface area (TPSA) is 62.0 Å². The molecule has 1 fully saturated rings. The maximum absolute atomic E-state index is 10.3. The molecule has 0 radical (unpaired) electrons. The lowest BCUT2D eigenvalue weighted by Crippen LogP contribution is -2.27. The number of aliphatic hydroxyl groups is 1. The van der Waals surface area contributed by atoms with Crippen LogP contribution in [0.4, 0.5) is 0 Å². The number of aliphatic hydroxyl groups excluding tert-OH is 1. The van der Waals surface area contributed by atoms with Crippen molar-refractivity contribution in [2.24, 2.45) is 10.6 Å². The van der Waals surface area contributed by atoms with Gasteiger partial charge in [-0.25, -0.2) is 0 Å². The number of nitrogens with zero attached hydrogens (tertiary/aromatic N) is 1. The first-order chi connectivity index (χ1) is 13.8. The number of aromatic hydroxyl groups is 1. The number of aryl methyl sites for hydroxylation is 2. The van der Waals surface area contributed by atoms with Gasteiger partial charge in [-0.15, -0.1) is 0 Å². The molecule has 0 atom stereocenters. The molecule has 0 saturated heterocycles. The van der Waals surface area contributed by atoms with E-state index in [4.69, 9.17) is 4.84 Å². The number of benzene rings is 2. The van der Waals surface area contributed by atoms with Gasteiger partial charge in [-0.05, 0) is 80.5 Å². The third-order valence-electron chi connectivity index (χ3n) is 6.33. The highest BCUT2D eigenvalue weighted by atomic mass is 16.6. The molecule has 4 nitrogen and oxygen atoms in total. The summed E-state index contributed by atoms with van der Waals surface area (Å²) in [5.74, 6) is 0.694. The van der Waals surface area contributed by atoms with Gasteiger partial charge in [0.05, 0.1) is 5.71 Å². The van der Waals surface area contributed by atoms with Crippen molar-refractivity contribution in [3.05, 3.63) is 64.2 Å². The van der Waals surface area contributed by atoms with E-state index < -0.39 is 0 Å². The highest BCUT2D eigenvalue weighted by Crippen LogP contribution is 2.44. The molecule has 3 rings (SSSR count). The second kappa shape index (κ2) is 9.00. The minimum atomic E-state index is 0.0307. The molecule has 156 valence electrons. The summed E-state index contributed by atoms with van der Waals surface area (Å²) in [6.45, 7) is 8.76. The predicted octanol–water partition coefficient (Wildman–Crippen LogP) is 5.61. The minimum absolute atomic E-state index is 0.0307. The first-order valence-corrected chi connectivity index (χ1v) is 10.5. The zero-order valence-electron chi connectivity index (χ0n) is 18.0. The fourth-order valence-corrected chi connectivity index (χ4v) is 4.09. The van der Waals surface area contributed by atoms with Crippen molar-refractivity contribution in [1.29, 1.82) is 0 Å². The Kier molecular flexibility index (Phi) is 6.63. The van der Waals surface area contributed by atoms with Crippen LogP contribution in [0.5, 0.6) is 5.75 Å². The van der Waals surface area contributed by atoms with Gasteiger partial charge in [0.2, 0.25) is 0 Å². The summed E-state index contributed by atoms with van der Waals surface area (Å²) < 4.78 is 0. The summed E-state index contributed by atoms with van der Waals surface area (Å²) >= 11 is 0. The molecule has 29 heavy (non-hydrogen) atoms. The Bertz CT molecular complexity index is 862. The summed E-state index contributed by atoms with van der Waals surface area (Å²) in [5.41, 5.74) is 6.16. The van der Waals surface area contributed by atoms with Crippen molar-refractivity contribution in [1.82, 2.24) is 0 Å². The molecule has 1 aliphatic rings. The van der Waals surface area contributed by atoms with Crippen molar-refractivity contribution >= 4 is 5.71 Å². The Balaban J connectivity index is 1.78. The average molecular weight is 396 g/mol. The molecule has 2 N–H and O–H groups in total. The van der Waals surface area contributed by atoms with Crippen molar-refractivity contribution in [2.75, 3.05) is 6.61 Å². The van der Waals surface area contributed by atoms with E-state index in [1.54, 1.807) is 0 Å². The molecule has 1 saturated carbocycles. The van der Waals surface area contributed by atoms with Gasteiger partial charge < -0.3 is 15.1 Å². The smallest absolute Gasteiger partial charge is 0.142 e. The molecular formula is C25H33NO3. The van der Waals surface area contributed by atoms with Crippen LogP contribution in [0.15, 0.2) is 41.6 Å². The van der Waals surface area contributed by atoms with Crippen LogP contribution in [0.2, 0.25) is 0 Å². The van der Waals surface area contributed by atoms with Gasteiger partial charge in [-0.1, -0.05) is 48.0 Å². The van der Waals surface area contributed by atoms with Gasteiger partial charge >= 0.3 is 0 Å². The van der Waals surface area contributed by atoms with E-state index >= 15 is 0 Å². The first kappa shape index (κ1) is 21.4. The molecule has 0 bridgehead atoms. The molecule has 0 unspecified atom stereocenters. The van der Waals surface area contributed by atoms with E-state index in [1.807, 2.05) is 32.0 Å². The van der Waals surface area contributed by atoms with Crippen LogP contribution in [0.1, 0.15) is 73.3 Å². The third kappa shape index (κ3) is 5.18. The SMILES string of the molecule is CC(=NOCc1ccc(C)cc1)c1cc(O)c(C)cc1[C@H]1CC[C@@](C)(CO)CC1. The maximum atomic E-state index is 10.3. The summed E-state index contributed by atoms with van der Waals surface area (Å²) in [7, 11) is 0. The number of hydrogen-bond acceptors (Lipinski definition) is 4. The number of phenols is 1. The van der Waals surface area contributed by atoms with E-state index in [2.05, 4.69) is 37.2 Å². The Labute approximate surface area is 174 Å². The highest BCUT2D eigenvalue weighted by Gasteiger charge is 2.32. The number of oxime groups is 1. The monoisotopic (exact) mass is 395 g/mol. The van der Waals surface area contributed by atoms with Crippen molar-refractivity contribution in [3.63, 3.8) is 0 Å². The lowest BCUT2D eigenvalue weighted by molar-refractivity contribution is 0.0934. The summed E-state index contributed by atoms with van der Waals surface area (Å²) in [6, 6.07) is 12.1. The molecule has 2 aromatic carbocycles. The highest BCUT2D eigenvalue weighted by molar-refractivity contribution is 6.00. The van der Waals surface area contributed by atoms with Gasteiger partial charge in [0, 0.05) is 12.2 Å². The van der Waals surface area contributed by atoms with E-state index in [0.717, 1.165) is 48.1 Å². The Morgan fingerprint density at radius 1 is 1.14 bits per heavy atom. The zero-order valence-corrected chi connectivity index (χ0v) is 18.0. The minimum Gasteiger partial charge on any atom is -0.508 e. The normalized spacial score (nSPS) is 22.5. The second-order valence-corrected chi connectivity index (χ2v) is 8.90. The summed E-state index contributed by atoms with van der Waals surface area (Å²) in [5, 5.41) is 24.3. The lowest BCUT2D eigenvalue weighted by Gasteiger charge is -2.36. The van der Waals surface area contributed by atoms with Gasteiger partial charge in [0.15, 0.2) is 0 Å². The number of rotatable bonds is 6. The largest absolute Gasteiger partial charge is 0.508 e. The number of phenolic OH excluding ortho intramolecular Hbond substituents is 1. The van der Waals surface area contributed by atoms with Crippen LogP contribution in [0, 0.1) is 19.3 Å². The Morgan fingerprint density at radius 3 is 2.41 bits per heavy atom. The lowest BCUT2D eigenvalue weighted by atomic mass is 9.69. The van der Waals surface area contributed by atoms with Crippen LogP contribution >= 0.6 is 0 Å². The van der Waals surface area contributed by atoms with Crippen LogP contribution < -0.4 is 0 Å². The van der Waals surface area contributed by atoms with Gasteiger partial charge in [-0.2, -0.15) is 0 Å². The van der Waals surface area contributed by atoms with E-state index in [-0.39, 0.29) is 17.8 Å². The van der Waals surface area contributed by atoms with Crippen molar-refractivity contribution < 1.29 is 15.1 Å². The molecule has 1 aliphatic carbocycles. The zero-order chi connectivity index (χ0) is 21.0. The van der Waals surface area contributed by atoms with E-state index in [0.29, 0.717) is 12.5 Å². The van der Waals surface area contributed by atoms with Crippen LogP contribution in [0.3, 0.4) is 0 Å². The van der Waals surface area contributed by atoms with Gasteiger partial charge in [0.1, 0.15) is 12.4 Å². The molecule has 0 aliphatic heterocycles. The van der Waals surface area contributed by atoms with Crippen LogP contribution in [-0.2, 0) is 11.4 Å². The Morgan fingerprint density at radius 2 is 1.79 bits per heavy atom. The summed E-state index contributed by atoms with van der Waals surface area (Å²) in [6.07, 6.45) is 4.08. The predicted molar refractivity (Wildman–Crippen MR) is 117 cm³/mol. The van der Waals surface area contributed by atoms with Crippen molar-refractivity contribution in [3.8, 4) is 5.75 Å². The molecule has 0 aromatic heterocycles. The summed E-state index contributed by atoms with van der Waals surface area (Å²) in [4.78, 5) is 5.61. The quantitative estimate of drug-likeness (QED) is 0.494. The number of hydrogen-bond donors (Lipinski definition) is 2.